The average Bonchev–Trinajstić information content (AvgIpc) is 2.61. The first-order chi connectivity index (χ1) is 7.29. The van der Waals surface area contributed by atoms with E-state index in [2.05, 4.69) is 27.5 Å². The standard InChI is InChI=1S/C8H9N3.2C2H6/c1-6-3-7-4-9-5-10-8(7)11(6)2;2*1-2/h3-5H,1-2H3;2*1-2H3. The predicted molar refractivity (Wildman–Crippen MR) is 65.9 cm³/mol. The molecular formula is C12H21N3. The molecule has 0 N–H and O–H groups in total. The highest BCUT2D eigenvalue weighted by Crippen LogP contribution is 2.13. The summed E-state index contributed by atoms with van der Waals surface area (Å²) >= 11 is 0. The molecule has 84 valence electrons. The van der Waals surface area contributed by atoms with Crippen molar-refractivity contribution in [3.05, 3.63) is 24.3 Å². The minimum atomic E-state index is 0.998. The first-order valence-corrected chi connectivity index (χ1v) is 5.51. The van der Waals surface area contributed by atoms with Crippen LogP contribution in [0.4, 0.5) is 0 Å². The molecule has 2 aromatic heterocycles. The molecule has 2 heterocycles. The van der Waals surface area contributed by atoms with Gasteiger partial charge in [-0.25, -0.2) is 9.97 Å². The van der Waals surface area contributed by atoms with Gasteiger partial charge in [0.1, 0.15) is 12.0 Å². The van der Waals surface area contributed by atoms with Crippen LogP contribution in [0, 0.1) is 6.92 Å². The maximum atomic E-state index is 4.15. The third kappa shape index (κ3) is 3.05. The lowest BCUT2D eigenvalue weighted by Crippen LogP contribution is -1.91. The Kier molecular flexibility index (Phi) is 6.34. The van der Waals surface area contributed by atoms with Crippen LogP contribution in [0.5, 0.6) is 0 Å². The second-order valence-electron chi connectivity index (χ2n) is 2.65. The average molecular weight is 207 g/mol. The number of fused-ring (bicyclic) bond motifs is 1. The molecule has 0 aliphatic carbocycles. The smallest absolute Gasteiger partial charge is 0.143 e. The zero-order valence-electron chi connectivity index (χ0n) is 10.6. The Morgan fingerprint density at radius 2 is 1.73 bits per heavy atom. The predicted octanol–water partition coefficient (Wildman–Crippen LogP) is 3.33. The Morgan fingerprint density at radius 1 is 1.13 bits per heavy atom. The Bertz CT molecular complexity index is 391. The first-order valence-electron chi connectivity index (χ1n) is 5.51. The van der Waals surface area contributed by atoms with Gasteiger partial charge in [-0.05, 0) is 13.0 Å². The molecule has 0 amide bonds. The van der Waals surface area contributed by atoms with Gasteiger partial charge in [0.25, 0.3) is 0 Å². The Hall–Kier alpha value is -1.38. The summed E-state index contributed by atoms with van der Waals surface area (Å²) in [7, 11) is 2.00. The van der Waals surface area contributed by atoms with Crippen molar-refractivity contribution in [2.45, 2.75) is 34.6 Å². The van der Waals surface area contributed by atoms with Crippen molar-refractivity contribution in [2.24, 2.45) is 7.05 Å². The normalized spacial score (nSPS) is 8.67. The molecule has 0 fully saturated rings. The van der Waals surface area contributed by atoms with E-state index in [4.69, 9.17) is 0 Å². The lowest BCUT2D eigenvalue weighted by molar-refractivity contribution is 0.899. The lowest BCUT2D eigenvalue weighted by Gasteiger charge is -1.94. The minimum absolute atomic E-state index is 0.998. The van der Waals surface area contributed by atoms with Crippen molar-refractivity contribution in [2.75, 3.05) is 0 Å². The molecule has 0 saturated heterocycles. The number of aryl methyl sites for hydroxylation is 2. The van der Waals surface area contributed by atoms with Gasteiger partial charge in [-0.3, -0.25) is 0 Å². The van der Waals surface area contributed by atoms with E-state index in [0.717, 1.165) is 11.0 Å². The maximum Gasteiger partial charge on any atom is 0.143 e. The first kappa shape index (κ1) is 13.6. The van der Waals surface area contributed by atoms with E-state index in [0.29, 0.717) is 0 Å². The van der Waals surface area contributed by atoms with Gasteiger partial charge in [-0.15, -0.1) is 0 Å². The van der Waals surface area contributed by atoms with E-state index in [1.807, 2.05) is 40.9 Å². The quantitative estimate of drug-likeness (QED) is 0.663. The third-order valence-electron chi connectivity index (χ3n) is 1.93. The highest BCUT2D eigenvalue weighted by atomic mass is 15.0. The lowest BCUT2D eigenvalue weighted by atomic mass is 10.4. The fourth-order valence-electron chi connectivity index (χ4n) is 1.20. The SMILES string of the molecule is CC.CC.Cc1cc2cncnc2n1C. The van der Waals surface area contributed by atoms with Gasteiger partial charge in [0, 0.05) is 24.3 Å². The van der Waals surface area contributed by atoms with Crippen LogP contribution in [0.25, 0.3) is 11.0 Å². The molecular weight excluding hydrogens is 186 g/mol. The molecule has 0 aliphatic rings. The monoisotopic (exact) mass is 207 g/mol. The molecule has 2 aromatic rings. The highest BCUT2D eigenvalue weighted by Gasteiger charge is 2.00. The van der Waals surface area contributed by atoms with Crippen LogP contribution in [0.3, 0.4) is 0 Å². The van der Waals surface area contributed by atoms with Crippen molar-refractivity contribution in [1.29, 1.82) is 0 Å². The summed E-state index contributed by atoms with van der Waals surface area (Å²) in [6.45, 7) is 10.1. The second-order valence-corrected chi connectivity index (χ2v) is 2.65. The summed E-state index contributed by atoms with van der Waals surface area (Å²) in [5, 5.41) is 1.10. The van der Waals surface area contributed by atoms with Crippen LogP contribution in [-0.4, -0.2) is 14.5 Å². The maximum absolute atomic E-state index is 4.15. The van der Waals surface area contributed by atoms with Crippen LogP contribution >= 0.6 is 0 Å². The summed E-state index contributed by atoms with van der Waals surface area (Å²) in [5.74, 6) is 0. The Morgan fingerprint density at radius 3 is 2.27 bits per heavy atom. The second kappa shape index (κ2) is 6.98. The fraction of sp³-hybridized carbons (Fsp3) is 0.500. The van der Waals surface area contributed by atoms with Crippen LogP contribution in [0.1, 0.15) is 33.4 Å². The van der Waals surface area contributed by atoms with Gasteiger partial charge in [-0.2, -0.15) is 0 Å². The van der Waals surface area contributed by atoms with E-state index in [1.165, 1.54) is 5.69 Å². The molecule has 0 saturated carbocycles. The summed E-state index contributed by atoms with van der Waals surface area (Å²) in [5.41, 5.74) is 2.21. The van der Waals surface area contributed by atoms with Gasteiger partial charge >= 0.3 is 0 Å². The van der Waals surface area contributed by atoms with Gasteiger partial charge < -0.3 is 4.57 Å². The zero-order valence-corrected chi connectivity index (χ0v) is 10.6. The van der Waals surface area contributed by atoms with E-state index >= 15 is 0 Å². The van der Waals surface area contributed by atoms with Crippen molar-refractivity contribution in [1.82, 2.24) is 14.5 Å². The van der Waals surface area contributed by atoms with Crippen LogP contribution in [-0.2, 0) is 7.05 Å². The van der Waals surface area contributed by atoms with Crippen molar-refractivity contribution in [3.8, 4) is 0 Å². The number of nitrogens with zero attached hydrogens (tertiary/aromatic N) is 3. The summed E-state index contributed by atoms with van der Waals surface area (Å²) in [6.07, 6.45) is 3.40. The summed E-state index contributed by atoms with van der Waals surface area (Å²) in [6, 6.07) is 2.08. The molecule has 0 aliphatic heterocycles. The van der Waals surface area contributed by atoms with Gasteiger partial charge in [-0.1, -0.05) is 27.7 Å². The number of rotatable bonds is 0. The van der Waals surface area contributed by atoms with Crippen LogP contribution in [0.15, 0.2) is 18.6 Å². The molecule has 15 heavy (non-hydrogen) atoms. The van der Waals surface area contributed by atoms with E-state index < -0.39 is 0 Å². The minimum Gasteiger partial charge on any atom is -0.333 e. The fourth-order valence-corrected chi connectivity index (χ4v) is 1.20. The molecule has 0 aromatic carbocycles. The molecule has 2 rings (SSSR count). The Balaban J connectivity index is 0.000000442. The summed E-state index contributed by atoms with van der Waals surface area (Å²) < 4.78 is 2.05. The Labute approximate surface area is 92.2 Å². The van der Waals surface area contributed by atoms with Crippen LogP contribution in [0.2, 0.25) is 0 Å². The molecule has 3 heteroatoms. The van der Waals surface area contributed by atoms with Gasteiger partial charge in [0.2, 0.25) is 0 Å². The van der Waals surface area contributed by atoms with Crippen molar-refractivity contribution in [3.63, 3.8) is 0 Å². The van der Waals surface area contributed by atoms with Crippen molar-refractivity contribution < 1.29 is 0 Å². The highest BCUT2D eigenvalue weighted by molar-refractivity contribution is 5.75. The van der Waals surface area contributed by atoms with E-state index in [-0.39, 0.29) is 0 Å². The zero-order chi connectivity index (χ0) is 11.8. The van der Waals surface area contributed by atoms with Gasteiger partial charge in [0.15, 0.2) is 0 Å². The summed E-state index contributed by atoms with van der Waals surface area (Å²) in [4.78, 5) is 8.10. The molecule has 0 unspecified atom stereocenters. The number of hydrogen-bond acceptors (Lipinski definition) is 2. The molecule has 0 spiro atoms. The topological polar surface area (TPSA) is 30.7 Å². The van der Waals surface area contributed by atoms with Crippen LogP contribution < -0.4 is 0 Å². The van der Waals surface area contributed by atoms with E-state index in [1.54, 1.807) is 6.33 Å². The molecule has 0 radical (unpaired) electrons. The molecule has 0 bridgehead atoms. The third-order valence-corrected chi connectivity index (χ3v) is 1.93. The largest absolute Gasteiger partial charge is 0.333 e. The van der Waals surface area contributed by atoms with Crippen molar-refractivity contribution >= 4 is 11.0 Å². The number of aromatic nitrogens is 3. The molecule has 3 nitrogen and oxygen atoms in total. The van der Waals surface area contributed by atoms with Gasteiger partial charge in [0.05, 0.1) is 0 Å². The molecule has 0 atom stereocenters. The van der Waals surface area contributed by atoms with E-state index in [9.17, 15) is 0 Å². The number of hydrogen-bond donors (Lipinski definition) is 0.